The molecule has 1 atom stereocenters. The van der Waals surface area contributed by atoms with Gasteiger partial charge in [-0.15, -0.1) is 11.8 Å². The smallest absolute Gasteiger partial charge is 0.230 e. The first kappa shape index (κ1) is 7.16. The molecule has 2 aliphatic rings. The van der Waals surface area contributed by atoms with E-state index >= 15 is 0 Å². The summed E-state index contributed by atoms with van der Waals surface area (Å²) in [5, 5.41) is 0.304. The van der Waals surface area contributed by atoms with E-state index in [4.69, 9.17) is 0 Å². The fraction of sp³-hybridized carbons (Fsp3) is 0.571. The van der Waals surface area contributed by atoms with Gasteiger partial charge in [-0.3, -0.25) is 4.79 Å². The molecule has 1 fully saturated rings. The van der Waals surface area contributed by atoms with Crippen molar-refractivity contribution >= 4 is 17.7 Å². The van der Waals surface area contributed by atoms with Gasteiger partial charge in [0.2, 0.25) is 5.91 Å². The Balaban J connectivity index is 2.13. The number of alkyl halides is 1. The van der Waals surface area contributed by atoms with Gasteiger partial charge < -0.3 is 4.90 Å². The molecule has 0 aromatic rings. The van der Waals surface area contributed by atoms with Crippen molar-refractivity contribution in [3.63, 3.8) is 0 Å². The molecule has 4 heteroatoms. The number of hydrogen-bond acceptors (Lipinski definition) is 2. The van der Waals surface area contributed by atoms with Gasteiger partial charge in [-0.1, -0.05) is 0 Å². The van der Waals surface area contributed by atoms with E-state index in [2.05, 4.69) is 0 Å². The molecule has 0 bridgehead atoms. The number of rotatable bonds is 1. The lowest BCUT2D eigenvalue weighted by Crippen LogP contribution is -2.49. The lowest BCUT2D eigenvalue weighted by Gasteiger charge is -2.40. The van der Waals surface area contributed by atoms with Gasteiger partial charge in [0.1, 0.15) is 6.67 Å². The molecule has 0 unspecified atom stereocenters. The highest BCUT2D eigenvalue weighted by molar-refractivity contribution is 8.00. The van der Waals surface area contributed by atoms with Crippen LogP contribution < -0.4 is 0 Å². The van der Waals surface area contributed by atoms with E-state index in [1.807, 2.05) is 0 Å². The summed E-state index contributed by atoms with van der Waals surface area (Å²) in [7, 11) is 0. The first-order valence-corrected chi connectivity index (χ1v) is 4.54. The number of fused-ring (bicyclic) bond motifs is 1. The molecule has 0 aromatic heterocycles. The summed E-state index contributed by atoms with van der Waals surface area (Å²) in [5.74, 6) is 0.860. The topological polar surface area (TPSA) is 20.3 Å². The van der Waals surface area contributed by atoms with E-state index in [0.29, 0.717) is 11.8 Å². The number of nitrogens with zero attached hydrogens (tertiary/aromatic N) is 1. The third-order valence-corrected chi connectivity index (χ3v) is 3.22. The third kappa shape index (κ3) is 1.05. The third-order valence-electron chi connectivity index (χ3n) is 1.90. The number of hydrogen-bond donors (Lipinski definition) is 0. The molecule has 1 amide bonds. The lowest BCUT2D eigenvalue weighted by molar-refractivity contribution is -0.137. The van der Waals surface area contributed by atoms with E-state index in [9.17, 15) is 9.18 Å². The van der Waals surface area contributed by atoms with E-state index in [1.54, 1.807) is 22.9 Å². The van der Waals surface area contributed by atoms with Crippen molar-refractivity contribution in [1.29, 1.82) is 0 Å². The molecule has 0 spiro atoms. The molecule has 0 N–H and O–H groups in total. The van der Waals surface area contributed by atoms with Crippen LogP contribution in [0.3, 0.4) is 0 Å². The lowest BCUT2D eigenvalue weighted by atomic mass is 10.2. The van der Waals surface area contributed by atoms with Crippen molar-refractivity contribution in [3.05, 3.63) is 11.8 Å². The summed E-state index contributed by atoms with van der Waals surface area (Å²) in [5.41, 5.74) is 0.722. The van der Waals surface area contributed by atoms with Crippen LogP contribution in [0.25, 0.3) is 0 Å². The van der Waals surface area contributed by atoms with Crippen molar-refractivity contribution in [1.82, 2.24) is 4.90 Å². The Hall–Kier alpha value is -0.510. The maximum absolute atomic E-state index is 12.1. The Morgan fingerprint density at radius 1 is 1.82 bits per heavy atom. The summed E-state index contributed by atoms with van der Waals surface area (Å²) in [6.45, 7) is -0.427. The average Bonchev–Trinajstić information content (AvgIpc) is 2.03. The normalized spacial score (nSPS) is 29.2. The minimum atomic E-state index is -0.427. The van der Waals surface area contributed by atoms with Gasteiger partial charge in [-0.05, 0) is 5.57 Å². The van der Waals surface area contributed by atoms with Crippen LogP contribution in [-0.4, -0.2) is 28.6 Å². The van der Waals surface area contributed by atoms with Crippen molar-refractivity contribution in [2.24, 2.45) is 0 Å². The minimum Gasteiger partial charge on any atom is -0.306 e. The van der Waals surface area contributed by atoms with Crippen LogP contribution in [0.5, 0.6) is 0 Å². The molecule has 2 heterocycles. The zero-order chi connectivity index (χ0) is 7.84. The van der Waals surface area contributed by atoms with Gasteiger partial charge >= 0.3 is 0 Å². The van der Waals surface area contributed by atoms with Gasteiger partial charge in [0.15, 0.2) is 0 Å². The molecular formula is C7H8FNOS. The van der Waals surface area contributed by atoms with E-state index in [0.717, 1.165) is 11.3 Å². The maximum atomic E-state index is 12.1. The Kier molecular flexibility index (Phi) is 1.64. The van der Waals surface area contributed by atoms with Gasteiger partial charge in [0.25, 0.3) is 0 Å². The van der Waals surface area contributed by atoms with Crippen molar-refractivity contribution in [2.75, 3.05) is 12.4 Å². The van der Waals surface area contributed by atoms with Crippen LogP contribution in [0.1, 0.15) is 6.42 Å². The molecule has 0 radical (unpaired) electrons. The molecule has 0 aromatic carbocycles. The van der Waals surface area contributed by atoms with E-state index in [1.165, 1.54) is 0 Å². The van der Waals surface area contributed by atoms with E-state index in [-0.39, 0.29) is 5.91 Å². The Morgan fingerprint density at radius 2 is 2.64 bits per heavy atom. The van der Waals surface area contributed by atoms with Crippen molar-refractivity contribution in [3.8, 4) is 0 Å². The Labute approximate surface area is 68.4 Å². The molecule has 1 saturated heterocycles. The zero-order valence-corrected chi connectivity index (χ0v) is 6.73. The molecular weight excluding hydrogens is 165 g/mol. The van der Waals surface area contributed by atoms with Crippen molar-refractivity contribution < 1.29 is 9.18 Å². The summed E-state index contributed by atoms with van der Waals surface area (Å²) in [4.78, 5) is 12.5. The molecule has 2 rings (SSSR count). The largest absolute Gasteiger partial charge is 0.306 e. The molecule has 60 valence electrons. The second-order valence-corrected chi connectivity index (χ2v) is 3.86. The fourth-order valence-corrected chi connectivity index (χ4v) is 2.36. The van der Waals surface area contributed by atoms with Gasteiger partial charge in [0, 0.05) is 12.0 Å². The monoisotopic (exact) mass is 173 g/mol. The number of carbonyl (C=O) groups excluding carboxylic acids is 1. The first-order chi connectivity index (χ1) is 5.31. The Bertz CT molecular complexity index is 228. The van der Waals surface area contributed by atoms with Crippen LogP contribution in [0, 0.1) is 0 Å². The summed E-state index contributed by atoms with van der Waals surface area (Å²) in [6, 6.07) is 0. The van der Waals surface area contributed by atoms with Gasteiger partial charge in [-0.25, -0.2) is 4.39 Å². The molecule has 2 aliphatic heterocycles. The SMILES string of the molecule is O=C1C[C@@H]2SCC(CF)=CN12. The molecule has 0 aliphatic carbocycles. The fourth-order valence-electron chi connectivity index (χ4n) is 1.21. The molecule has 0 saturated carbocycles. The summed E-state index contributed by atoms with van der Waals surface area (Å²) < 4.78 is 12.1. The van der Waals surface area contributed by atoms with Crippen LogP contribution in [0.4, 0.5) is 4.39 Å². The van der Waals surface area contributed by atoms with E-state index < -0.39 is 6.67 Å². The highest BCUT2D eigenvalue weighted by atomic mass is 32.2. The standard InChI is InChI=1S/C7H8FNOS/c8-2-5-3-9-6(10)1-7(9)11-4-5/h3,7H,1-2,4H2/t7-/m0/s1. The predicted octanol–water partition coefficient (Wildman–Crippen LogP) is 1.15. The Morgan fingerprint density at radius 3 is 3.27 bits per heavy atom. The molecule has 2 nitrogen and oxygen atoms in total. The predicted molar refractivity (Wildman–Crippen MR) is 41.8 cm³/mol. The van der Waals surface area contributed by atoms with Crippen LogP contribution in [0.15, 0.2) is 11.8 Å². The first-order valence-electron chi connectivity index (χ1n) is 3.49. The van der Waals surface area contributed by atoms with Crippen LogP contribution in [-0.2, 0) is 4.79 Å². The molecule has 11 heavy (non-hydrogen) atoms. The quantitative estimate of drug-likeness (QED) is 0.554. The number of halogens is 1. The number of amides is 1. The maximum Gasteiger partial charge on any atom is 0.230 e. The summed E-state index contributed by atoms with van der Waals surface area (Å²) in [6.07, 6.45) is 2.29. The van der Waals surface area contributed by atoms with Crippen molar-refractivity contribution in [2.45, 2.75) is 11.8 Å². The number of β-lactam (4-membered cyclic amide) rings is 1. The highest BCUT2D eigenvalue weighted by Crippen LogP contribution is 2.35. The second kappa shape index (κ2) is 2.52. The zero-order valence-electron chi connectivity index (χ0n) is 5.92. The minimum absolute atomic E-state index is 0.119. The van der Waals surface area contributed by atoms with Crippen LogP contribution >= 0.6 is 11.8 Å². The van der Waals surface area contributed by atoms with Crippen LogP contribution in [0.2, 0.25) is 0 Å². The van der Waals surface area contributed by atoms with Gasteiger partial charge in [0.05, 0.1) is 11.8 Å². The highest BCUT2D eigenvalue weighted by Gasteiger charge is 2.37. The number of carbonyl (C=O) groups is 1. The number of thioether (sulfide) groups is 1. The average molecular weight is 173 g/mol. The summed E-state index contributed by atoms with van der Waals surface area (Å²) >= 11 is 1.65. The van der Waals surface area contributed by atoms with Gasteiger partial charge in [-0.2, -0.15) is 0 Å². The second-order valence-electron chi connectivity index (χ2n) is 2.69.